The first-order chi connectivity index (χ1) is 10.0. The van der Waals surface area contributed by atoms with Crippen molar-refractivity contribution in [3.05, 3.63) is 23.4 Å². The van der Waals surface area contributed by atoms with Gasteiger partial charge in [-0.3, -0.25) is 0 Å². The van der Waals surface area contributed by atoms with Gasteiger partial charge in [0.25, 0.3) is 0 Å². The second kappa shape index (κ2) is 7.57. The van der Waals surface area contributed by atoms with E-state index in [0.29, 0.717) is 6.61 Å². The molecule has 126 valence electrons. The van der Waals surface area contributed by atoms with Crippen LogP contribution in [0.25, 0.3) is 0 Å². The standard InChI is InChI=1S/C17H30O4Si/c1-13(15-11-20-17(2,3)21-15)14(12-22(5,6)7)9-8-10-16(18)19-4/h8,10,12-13,15H,9,11H2,1-7H3/b10-8+,14-12-/t13-,15-/m1/s1. The zero-order valence-electron chi connectivity index (χ0n) is 14.9. The Balaban J connectivity index is 2.84. The third kappa shape index (κ3) is 6.46. The van der Waals surface area contributed by atoms with Crippen LogP contribution in [0.1, 0.15) is 27.2 Å². The van der Waals surface area contributed by atoms with Crippen LogP contribution in [0.5, 0.6) is 0 Å². The summed E-state index contributed by atoms with van der Waals surface area (Å²) in [5.74, 6) is -0.567. The minimum absolute atomic E-state index is 0.0594. The molecule has 0 aliphatic carbocycles. The van der Waals surface area contributed by atoms with Gasteiger partial charge in [0.1, 0.15) is 0 Å². The van der Waals surface area contributed by atoms with E-state index >= 15 is 0 Å². The molecule has 0 bridgehead atoms. The van der Waals surface area contributed by atoms with Gasteiger partial charge in [0, 0.05) is 12.0 Å². The summed E-state index contributed by atoms with van der Waals surface area (Å²) in [6.45, 7) is 13.6. The summed E-state index contributed by atoms with van der Waals surface area (Å²) in [6, 6.07) is 0. The van der Waals surface area contributed by atoms with E-state index in [1.54, 1.807) is 0 Å². The van der Waals surface area contributed by atoms with Gasteiger partial charge in [0.15, 0.2) is 5.79 Å². The van der Waals surface area contributed by atoms with Gasteiger partial charge in [0.2, 0.25) is 0 Å². The molecule has 22 heavy (non-hydrogen) atoms. The van der Waals surface area contributed by atoms with Gasteiger partial charge in [-0.2, -0.15) is 0 Å². The maximum Gasteiger partial charge on any atom is 0.330 e. The van der Waals surface area contributed by atoms with Crippen molar-refractivity contribution in [2.24, 2.45) is 5.92 Å². The van der Waals surface area contributed by atoms with Crippen LogP contribution in [0.15, 0.2) is 23.4 Å². The molecule has 1 saturated heterocycles. The molecule has 1 fully saturated rings. The van der Waals surface area contributed by atoms with Crippen molar-refractivity contribution in [2.45, 2.75) is 58.7 Å². The number of rotatable bonds is 6. The first kappa shape index (κ1) is 19.1. The predicted molar refractivity (Wildman–Crippen MR) is 91.3 cm³/mol. The molecule has 0 unspecified atom stereocenters. The van der Waals surface area contributed by atoms with Crippen molar-refractivity contribution in [1.29, 1.82) is 0 Å². The van der Waals surface area contributed by atoms with Crippen molar-refractivity contribution in [1.82, 2.24) is 0 Å². The first-order valence-electron chi connectivity index (χ1n) is 7.82. The summed E-state index contributed by atoms with van der Waals surface area (Å²) in [5.41, 5.74) is 3.71. The largest absolute Gasteiger partial charge is 0.466 e. The van der Waals surface area contributed by atoms with Crippen LogP contribution in [0.3, 0.4) is 0 Å². The highest BCUT2D eigenvalue weighted by molar-refractivity contribution is 6.81. The molecule has 5 heteroatoms. The van der Waals surface area contributed by atoms with Gasteiger partial charge in [0.05, 0.1) is 27.9 Å². The molecule has 0 N–H and O–H groups in total. The zero-order chi connectivity index (χ0) is 17.0. The number of carbonyl (C=O) groups excluding carboxylic acids is 1. The van der Waals surface area contributed by atoms with Crippen molar-refractivity contribution < 1.29 is 19.0 Å². The summed E-state index contributed by atoms with van der Waals surface area (Å²) in [6.07, 6.45) is 4.15. The van der Waals surface area contributed by atoms with Crippen LogP contribution in [0.2, 0.25) is 19.6 Å². The SMILES string of the molecule is COC(=O)/C=C/C/C(=C/[Si](C)(C)C)[C@@H](C)[C@H]1COC(C)(C)O1. The zero-order valence-corrected chi connectivity index (χ0v) is 15.9. The van der Waals surface area contributed by atoms with E-state index in [2.05, 4.69) is 37.0 Å². The summed E-state index contributed by atoms with van der Waals surface area (Å²) in [7, 11) is 0.0251. The molecule has 0 radical (unpaired) electrons. The van der Waals surface area contributed by atoms with Gasteiger partial charge in [-0.15, -0.1) is 0 Å². The molecule has 4 nitrogen and oxygen atoms in total. The van der Waals surface area contributed by atoms with Crippen molar-refractivity contribution in [2.75, 3.05) is 13.7 Å². The quantitative estimate of drug-likeness (QED) is 0.424. The van der Waals surface area contributed by atoms with E-state index in [9.17, 15) is 4.79 Å². The molecular weight excluding hydrogens is 296 g/mol. The normalized spacial score (nSPS) is 23.8. The van der Waals surface area contributed by atoms with Crippen LogP contribution in [0, 0.1) is 5.92 Å². The van der Waals surface area contributed by atoms with Gasteiger partial charge < -0.3 is 14.2 Å². The number of allylic oxidation sites excluding steroid dienone is 1. The summed E-state index contributed by atoms with van der Waals surface area (Å²) in [5, 5.41) is 0. The predicted octanol–water partition coefficient (Wildman–Crippen LogP) is 3.70. The van der Waals surface area contributed by atoms with Crippen molar-refractivity contribution in [3.63, 3.8) is 0 Å². The summed E-state index contributed by atoms with van der Waals surface area (Å²) < 4.78 is 16.3. The smallest absolute Gasteiger partial charge is 0.330 e. The van der Waals surface area contributed by atoms with E-state index in [4.69, 9.17) is 9.47 Å². The van der Waals surface area contributed by atoms with Crippen molar-refractivity contribution in [3.8, 4) is 0 Å². The van der Waals surface area contributed by atoms with Gasteiger partial charge in [-0.05, 0) is 20.3 Å². The molecule has 0 aromatic heterocycles. The molecule has 0 aromatic rings. The summed E-state index contributed by atoms with van der Waals surface area (Å²) >= 11 is 0. The molecular formula is C17H30O4Si. The second-order valence-corrected chi connectivity index (χ2v) is 12.4. The van der Waals surface area contributed by atoms with Crippen LogP contribution >= 0.6 is 0 Å². The van der Waals surface area contributed by atoms with Gasteiger partial charge >= 0.3 is 5.97 Å². The van der Waals surface area contributed by atoms with E-state index in [1.807, 2.05) is 19.9 Å². The number of esters is 1. The second-order valence-electron chi connectivity index (χ2n) is 7.37. The average Bonchev–Trinajstić information content (AvgIpc) is 2.75. The Morgan fingerprint density at radius 1 is 1.41 bits per heavy atom. The Labute approximate surface area is 135 Å². The Bertz CT molecular complexity index is 446. The number of carbonyl (C=O) groups is 1. The molecule has 0 amide bonds. The average molecular weight is 327 g/mol. The van der Waals surface area contributed by atoms with E-state index < -0.39 is 13.9 Å². The summed E-state index contributed by atoms with van der Waals surface area (Å²) in [4.78, 5) is 11.2. The fraction of sp³-hybridized carbons (Fsp3) is 0.706. The number of methoxy groups -OCH3 is 1. The fourth-order valence-electron chi connectivity index (χ4n) is 2.49. The topological polar surface area (TPSA) is 44.8 Å². The third-order valence-electron chi connectivity index (χ3n) is 3.60. The highest BCUT2D eigenvalue weighted by Crippen LogP contribution is 2.32. The monoisotopic (exact) mass is 326 g/mol. The first-order valence-corrected chi connectivity index (χ1v) is 11.4. The molecule has 0 spiro atoms. The minimum atomic E-state index is -1.36. The lowest BCUT2D eigenvalue weighted by Crippen LogP contribution is -2.28. The maximum absolute atomic E-state index is 11.2. The minimum Gasteiger partial charge on any atom is -0.466 e. The van der Waals surface area contributed by atoms with Crippen LogP contribution in [0.4, 0.5) is 0 Å². The molecule has 1 aliphatic rings. The van der Waals surface area contributed by atoms with Crippen molar-refractivity contribution >= 4 is 14.0 Å². The molecule has 1 heterocycles. The van der Waals surface area contributed by atoms with Crippen LogP contribution in [-0.4, -0.2) is 39.7 Å². The lowest BCUT2D eigenvalue weighted by Gasteiger charge is -2.25. The lowest BCUT2D eigenvalue weighted by atomic mass is 9.94. The maximum atomic E-state index is 11.2. The Morgan fingerprint density at radius 2 is 2.05 bits per heavy atom. The number of hydrogen-bond acceptors (Lipinski definition) is 4. The van der Waals surface area contributed by atoms with E-state index in [1.165, 1.54) is 18.8 Å². The Morgan fingerprint density at radius 3 is 2.50 bits per heavy atom. The Hall–Kier alpha value is -0.913. The number of hydrogen-bond donors (Lipinski definition) is 0. The molecule has 1 aliphatic heterocycles. The fourth-order valence-corrected chi connectivity index (χ4v) is 3.99. The molecule has 0 aromatic carbocycles. The molecule has 2 atom stereocenters. The molecule has 1 rings (SSSR count). The number of ether oxygens (including phenoxy) is 3. The third-order valence-corrected chi connectivity index (χ3v) is 4.84. The lowest BCUT2D eigenvalue weighted by molar-refractivity contribution is -0.142. The van der Waals surface area contributed by atoms with E-state index in [0.717, 1.165) is 6.42 Å². The van der Waals surface area contributed by atoms with Gasteiger partial charge in [-0.25, -0.2) is 4.79 Å². The highest BCUT2D eigenvalue weighted by atomic mass is 28.3. The van der Waals surface area contributed by atoms with E-state index in [-0.39, 0.29) is 18.0 Å². The molecule has 0 saturated carbocycles. The van der Waals surface area contributed by atoms with Crippen LogP contribution in [-0.2, 0) is 19.0 Å². The van der Waals surface area contributed by atoms with Crippen LogP contribution < -0.4 is 0 Å². The highest BCUT2D eigenvalue weighted by Gasteiger charge is 2.36. The van der Waals surface area contributed by atoms with Gasteiger partial charge in [-0.1, -0.05) is 43.9 Å². The Kier molecular flexibility index (Phi) is 6.59.